The third kappa shape index (κ3) is 7.58. The molecule has 1 atom stereocenters. The first-order valence-corrected chi connectivity index (χ1v) is 15.8. The average molecular weight is 653 g/mol. The zero-order chi connectivity index (χ0) is 33.8. The minimum absolute atomic E-state index is 0.000844. The average Bonchev–Trinajstić information content (AvgIpc) is 3.40. The summed E-state index contributed by atoms with van der Waals surface area (Å²) in [5.74, 6) is 6.94. The fraction of sp³-hybridized carbons (Fsp3) is 0.389. The topological polar surface area (TPSA) is 126 Å². The summed E-state index contributed by atoms with van der Waals surface area (Å²) < 4.78 is 33.0. The Hall–Kier alpha value is -5.01. The summed E-state index contributed by atoms with van der Waals surface area (Å²) in [6.07, 6.45) is 0.998. The first-order chi connectivity index (χ1) is 23.1. The van der Waals surface area contributed by atoms with E-state index in [1.165, 1.54) is 13.2 Å². The van der Waals surface area contributed by atoms with Crippen LogP contribution in [0.4, 0.5) is 10.2 Å². The number of hydrogen-bond donors (Lipinski definition) is 1. The van der Waals surface area contributed by atoms with Crippen molar-refractivity contribution in [1.29, 1.82) is 5.26 Å². The van der Waals surface area contributed by atoms with E-state index in [-0.39, 0.29) is 18.3 Å². The van der Waals surface area contributed by atoms with Gasteiger partial charge in [-0.05, 0) is 50.6 Å². The number of esters is 1. The third-order valence-electron chi connectivity index (χ3n) is 8.36. The van der Waals surface area contributed by atoms with Gasteiger partial charge in [0.2, 0.25) is 5.88 Å². The van der Waals surface area contributed by atoms with Gasteiger partial charge in [0.15, 0.2) is 0 Å². The maximum absolute atomic E-state index is 14.3. The Morgan fingerprint density at radius 1 is 1.15 bits per heavy atom. The van der Waals surface area contributed by atoms with Crippen LogP contribution in [0.1, 0.15) is 53.1 Å². The Morgan fingerprint density at radius 3 is 2.60 bits per heavy atom. The Labute approximate surface area is 278 Å². The second-order valence-corrected chi connectivity index (χ2v) is 12.4. The van der Waals surface area contributed by atoms with E-state index in [2.05, 4.69) is 31.2 Å². The number of nitrogens with zero attached hydrogens (tertiary/aromatic N) is 6. The highest BCUT2D eigenvalue weighted by molar-refractivity contribution is 5.96. The van der Waals surface area contributed by atoms with Crippen LogP contribution in [-0.2, 0) is 29.2 Å². The van der Waals surface area contributed by atoms with Crippen LogP contribution < -0.4 is 9.64 Å². The second-order valence-electron chi connectivity index (χ2n) is 12.4. The number of carbonyl (C=O) groups excluding carboxylic acids is 1. The molecule has 2 aromatic carbocycles. The number of pyridine rings is 1. The van der Waals surface area contributed by atoms with Crippen LogP contribution in [0.3, 0.4) is 0 Å². The van der Waals surface area contributed by atoms with Crippen LogP contribution in [0.5, 0.6) is 5.88 Å². The monoisotopic (exact) mass is 652 g/mol. The molecular weight excluding hydrogens is 615 g/mol. The molecule has 0 spiro atoms. The van der Waals surface area contributed by atoms with E-state index in [1.54, 1.807) is 44.2 Å². The van der Waals surface area contributed by atoms with Gasteiger partial charge in [-0.2, -0.15) is 10.2 Å². The van der Waals surface area contributed by atoms with E-state index in [0.29, 0.717) is 41.2 Å². The van der Waals surface area contributed by atoms with Crippen molar-refractivity contribution in [3.05, 3.63) is 82.4 Å². The zero-order valence-corrected chi connectivity index (χ0v) is 27.2. The number of aromatic nitrogens is 3. The Bertz CT molecular complexity index is 1920. The summed E-state index contributed by atoms with van der Waals surface area (Å²) in [5.41, 5.74) is 1.73. The highest BCUT2D eigenvalue weighted by atomic mass is 19.1. The number of hydrogen-bond acceptors (Lipinski definition) is 10. The summed E-state index contributed by atoms with van der Waals surface area (Å²) in [6.45, 7) is 8.06. The number of methoxy groups -OCH3 is 1. The predicted molar refractivity (Wildman–Crippen MR) is 176 cm³/mol. The molecule has 2 aromatic heterocycles. The van der Waals surface area contributed by atoms with Gasteiger partial charge in [0.25, 0.3) is 0 Å². The van der Waals surface area contributed by atoms with Crippen molar-refractivity contribution in [3.63, 3.8) is 0 Å². The van der Waals surface area contributed by atoms with Crippen LogP contribution >= 0.6 is 0 Å². The number of ether oxygens (including phenoxy) is 3. The van der Waals surface area contributed by atoms with Crippen LogP contribution in [0.25, 0.3) is 11.0 Å². The van der Waals surface area contributed by atoms with Crippen LogP contribution in [0, 0.1) is 29.0 Å². The van der Waals surface area contributed by atoms with Gasteiger partial charge in [-0.1, -0.05) is 24.0 Å². The van der Waals surface area contributed by atoms with E-state index >= 15 is 0 Å². The summed E-state index contributed by atoms with van der Waals surface area (Å²) in [4.78, 5) is 26.8. The van der Waals surface area contributed by atoms with Crippen molar-refractivity contribution in [2.75, 3.05) is 44.8 Å². The SMILES string of the molecule is COC(=O)c1cc(C#CC(C)(C)O)c2nc(CN3CCN(c4cccc(OCc5ccc(C#N)cc5F)n4)CC3)n(C[C@@H]3CCO3)c2c1. The number of benzene rings is 2. The van der Waals surface area contributed by atoms with Crippen molar-refractivity contribution < 1.29 is 28.5 Å². The maximum atomic E-state index is 14.3. The lowest BCUT2D eigenvalue weighted by Crippen LogP contribution is -2.46. The molecular formula is C36H37FN6O5. The number of rotatable bonds is 9. The van der Waals surface area contributed by atoms with Gasteiger partial charge in [0.05, 0.1) is 54.6 Å². The van der Waals surface area contributed by atoms with Gasteiger partial charge in [-0.25, -0.2) is 14.2 Å². The van der Waals surface area contributed by atoms with Crippen molar-refractivity contribution in [3.8, 4) is 23.8 Å². The number of halogens is 1. The number of aliphatic hydroxyl groups is 1. The standard InChI is InChI=1S/C36H37FN6O5/c1-36(2,45)11-9-25-18-27(35(44)46-3)19-30-34(25)40-32(43(30)21-28-10-16-47-28)22-41-12-14-42(15-13-41)31-5-4-6-33(39-31)48-23-26-8-7-24(20-38)17-29(26)37/h4-8,17-19,28,45H,10,12-16,21-23H2,1-3H3/t28-/m0/s1. The predicted octanol–water partition coefficient (Wildman–Crippen LogP) is 4.04. The lowest BCUT2D eigenvalue weighted by molar-refractivity contribution is -0.0592. The molecule has 2 aliphatic rings. The smallest absolute Gasteiger partial charge is 0.337 e. The molecule has 0 bridgehead atoms. The van der Waals surface area contributed by atoms with E-state index < -0.39 is 17.4 Å². The highest BCUT2D eigenvalue weighted by Gasteiger charge is 2.26. The van der Waals surface area contributed by atoms with E-state index in [1.807, 2.05) is 18.2 Å². The lowest BCUT2D eigenvalue weighted by atomic mass is 10.1. The second kappa shape index (κ2) is 14.0. The first-order valence-electron chi connectivity index (χ1n) is 15.8. The molecule has 4 heterocycles. The fourth-order valence-electron chi connectivity index (χ4n) is 5.66. The van der Waals surface area contributed by atoms with Crippen molar-refractivity contribution in [2.24, 2.45) is 0 Å². The quantitative estimate of drug-likeness (QED) is 0.209. The zero-order valence-electron chi connectivity index (χ0n) is 27.2. The molecule has 248 valence electrons. The normalized spacial score (nSPS) is 16.5. The Kier molecular flexibility index (Phi) is 9.60. The first kappa shape index (κ1) is 32.9. The van der Waals surface area contributed by atoms with Gasteiger partial charge in [-0.3, -0.25) is 4.90 Å². The summed E-state index contributed by atoms with van der Waals surface area (Å²) in [5, 5.41) is 19.3. The van der Waals surface area contributed by atoms with Crippen LogP contribution in [-0.4, -0.2) is 82.1 Å². The van der Waals surface area contributed by atoms with Gasteiger partial charge in [-0.15, -0.1) is 0 Å². The molecule has 12 heteroatoms. The van der Waals surface area contributed by atoms with Crippen LogP contribution in [0.2, 0.25) is 0 Å². The lowest BCUT2D eigenvalue weighted by Gasteiger charge is -2.35. The van der Waals surface area contributed by atoms with Crippen molar-refractivity contribution in [1.82, 2.24) is 19.4 Å². The molecule has 11 nitrogen and oxygen atoms in total. The van der Waals surface area contributed by atoms with Crippen molar-refractivity contribution in [2.45, 2.75) is 51.7 Å². The van der Waals surface area contributed by atoms with Crippen molar-refractivity contribution >= 4 is 22.8 Å². The van der Waals surface area contributed by atoms with Gasteiger partial charge in [0, 0.05) is 44.4 Å². The van der Waals surface area contributed by atoms with E-state index in [0.717, 1.165) is 56.4 Å². The summed E-state index contributed by atoms with van der Waals surface area (Å²) in [7, 11) is 1.34. The number of imidazole rings is 1. The molecule has 48 heavy (non-hydrogen) atoms. The summed E-state index contributed by atoms with van der Waals surface area (Å²) >= 11 is 0. The largest absolute Gasteiger partial charge is 0.473 e. The number of nitriles is 1. The van der Waals surface area contributed by atoms with Crippen LogP contribution in [0.15, 0.2) is 48.5 Å². The van der Waals surface area contributed by atoms with Gasteiger partial charge < -0.3 is 28.8 Å². The molecule has 0 aliphatic carbocycles. The maximum Gasteiger partial charge on any atom is 0.337 e. The fourth-order valence-corrected chi connectivity index (χ4v) is 5.66. The molecule has 2 aliphatic heterocycles. The molecule has 0 unspecified atom stereocenters. The number of carbonyl (C=O) groups is 1. The molecule has 2 fully saturated rings. The minimum Gasteiger partial charge on any atom is -0.473 e. The van der Waals surface area contributed by atoms with Gasteiger partial charge >= 0.3 is 5.97 Å². The van der Waals surface area contributed by atoms with E-state index in [9.17, 15) is 14.3 Å². The van der Waals surface area contributed by atoms with Gasteiger partial charge in [0.1, 0.15) is 35.2 Å². The Balaban J connectivity index is 1.18. The minimum atomic E-state index is -1.22. The Morgan fingerprint density at radius 2 is 1.94 bits per heavy atom. The number of anilines is 1. The molecule has 0 amide bonds. The number of piperazine rings is 1. The van der Waals surface area contributed by atoms with E-state index in [4.69, 9.17) is 24.5 Å². The third-order valence-corrected chi connectivity index (χ3v) is 8.36. The molecule has 4 aromatic rings. The highest BCUT2D eigenvalue weighted by Crippen LogP contribution is 2.27. The molecule has 2 saturated heterocycles. The molecule has 0 radical (unpaired) electrons. The molecule has 6 rings (SSSR count). The number of fused-ring (bicyclic) bond motifs is 1. The molecule has 0 saturated carbocycles. The molecule has 1 N–H and O–H groups in total. The summed E-state index contributed by atoms with van der Waals surface area (Å²) in [6, 6.07) is 15.2.